The molecule has 0 nitrogen and oxygen atoms in total. The van der Waals surface area contributed by atoms with Crippen molar-refractivity contribution < 1.29 is 0 Å². The van der Waals surface area contributed by atoms with Crippen molar-refractivity contribution in [1.29, 1.82) is 0 Å². The Labute approximate surface area is 108 Å². The predicted octanol–water partition coefficient (Wildman–Crippen LogP) is 4.79. The minimum Gasteiger partial charge on any atom is -0.122 e. The van der Waals surface area contributed by atoms with Crippen molar-refractivity contribution in [2.45, 2.75) is 31.1 Å². The van der Waals surface area contributed by atoms with Crippen LogP contribution in [0, 0.1) is 5.92 Å². The maximum Gasteiger partial charge on any atom is 0.0404 e. The number of hydrogen-bond donors (Lipinski definition) is 0. The van der Waals surface area contributed by atoms with Gasteiger partial charge in [-0.3, -0.25) is 0 Å². The average molecular weight is 245 g/mol. The molecule has 0 N–H and O–H groups in total. The second-order valence-corrected chi connectivity index (χ2v) is 5.65. The first-order valence-corrected chi connectivity index (χ1v) is 6.88. The van der Waals surface area contributed by atoms with Crippen molar-refractivity contribution in [1.82, 2.24) is 0 Å². The molecule has 1 aliphatic rings. The number of halogens is 1. The molecular formula is C16H17Cl. The van der Waals surface area contributed by atoms with Crippen molar-refractivity contribution >= 4 is 22.4 Å². The van der Waals surface area contributed by atoms with Gasteiger partial charge in [0.25, 0.3) is 0 Å². The molecule has 1 unspecified atom stereocenters. The molecule has 1 fully saturated rings. The Balaban J connectivity index is 1.80. The van der Waals surface area contributed by atoms with Crippen LogP contribution >= 0.6 is 11.6 Å². The second kappa shape index (κ2) is 4.70. The Kier molecular flexibility index (Phi) is 3.07. The summed E-state index contributed by atoms with van der Waals surface area (Å²) in [6.45, 7) is 0. The summed E-state index contributed by atoms with van der Waals surface area (Å²) in [5.74, 6) is 0.753. The van der Waals surface area contributed by atoms with E-state index in [9.17, 15) is 0 Å². The second-order valence-electron chi connectivity index (χ2n) is 5.09. The molecule has 17 heavy (non-hydrogen) atoms. The maximum absolute atomic E-state index is 6.47. The lowest BCUT2D eigenvalue weighted by atomic mass is 9.81. The van der Waals surface area contributed by atoms with Crippen molar-refractivity contribution in [3.05, 3.63) is 48.0 Å². The lowest BCUT2D eigenvalue weighted by Crippen LogP contribution is -2.24. The van der Waals surface area contributed by atoms with E-state index in [1.807, 2.05) is 0 Å². The molecule has 3 rings (SSSR count). The third-order valence-electron chi connectivity index (χ3n) is 3.91. The van der Waals surface area contributed by atoms with Gasteiger partial charge < -0.3 is 0 Å². The summed E-state index contributed by atoms with van der Waals surface area (Å²) in [6.07, 6.45) is 5.02. The molecule has 2 aromatic carbocycles. The molecule has 1 aliphatic carbocycles. The Morgan fingerprint density at radius 2 is 1.82 bits per heavy atom. The van der Waals surface area contributed by atoms with Gasteiger partial charge in [-0.1, -0.05) is 48.9 Å². The highest BCUT2D eigenvalue weighted by Crippen LogP contribution is 2.34. The van der Waals surface area contributed by atoms with Crippen molar-refractivity contribution in [3.8, 4) is 0 Å². The van der Waals surface area contributed by atoms with Gasteiger partial charge in [0.2, 0.25) is 0 Å². The molecule has 0 aromatic heterocycles. The third kappa shape index (κ3) is 2.32. The molecule has 0 heterocycles. The number of alkyl halides is 1. The molecule has 0 radical (unpaired) electrons. The highest BCUT2D eigenvalue weighted by atomic mass is 35.5. The topological polar surface area (TPSA) is 0 Å². The number of rotatable bonds is 3. The minimum absolute atomic E-state index is 0.324. The van der Waals surface area contributed by atoms with Crippen LogP contribution in [0.3, 0.4) is 0 Å². The summed E-state index contributed by atoms with van der Waals surface area (Å²) >= 11 is 6.47. The quantitative estimate of drug-likeness (QED) is 0.681. The highest BCUT2D eigenvalue weighted by molar-refractivity contribution is 6.21. The van der Waals surface area contributed by atoms with Crippen LogP contribution in [0.25, 0.3) is 10.8 Å². The van der Waals surface area contributed by atoms with Crippen LogP contribution in [0.15, 0.2) is 42.5 Å². The Bertz CT molecular complexity index is 514. The first-order chi connectivity index (χ1) is 8.33. The van der Waals surface area contributed by atoms with Crippen molar-refractivity contribution in [2.75, 3.05) is 0 Å². The molecule has 0 saturated heterocycles. The van der Waals surface area contributed by atoms with Gasteiger partial charge in [-0.05, 0) is 41.5 Å². The van der Waals surface area contributed by atoms with E-state index in [-0.39, 0.29) is 0 Å². The van der Waals surface area contributed by atoms with Crippen LogP contribution in [0.5, 0.6) is 0 Å². The molecule has 1 saturated carbocycles. The molecule has 0 spiro atoms. The fraction of sp³-hybridized carbons (Fsp3) is 0.375. The summed E-state index contributed by atoms with van der Waals surface area (Å²) < 4.78 is 0. The van der Waals surface area contributed by atoms with Crippen LogP contribution in [-0.2, 0) is 6.42 Å². The van der Waals surface area contributed by atoms with Gasteiger partial charge in [-0.25, -0.2) is 0 Å². The number of fused-ring (bicyclic) bond motifs is 1. The van der Waals surface area contributed by atoms with Gasteiger partial charge >= 0.3 is 0 Å². The van der Waals surface area contributed by atoms with Gasteiger partial charge in [-0.15, -0.1) is 11.6 Å². The van der Waals surface area contributed by atoms with Crippen LogP contribution < -0.4 is 0 Å². The molecule has 0 amide bonds. The van der Waals surface area contributed by atoms with E-state index in [0.29, 0.717) is 5.38 Å². The average Bonchev–Trinajstić information content (AvgIpc) is 2.26. The van der Waals surface area contributed by atoms with E-state index in [1.54, 1.807) is 0 Å². The minimum atomic E-state index is 0.324. The highest BCUT2D eigenvalue weighted by Gasteiger charge is 2.25. The van der Waals surface area contributed by atoms with Crippen molar-refractivity contribution in [3.63, 3.8) is 0 Å². The van der Waals surface area contributed by atoms with Gasteiger partial charge in [0.15, 0.2) is 0 Å². The first-order valence-electron chi connectivity index (χ1n) is 6.45. The van der Waals surface area contributed by atoms with Gasteiger partial charge in [0.05, 0.1) is 0 Å². The molecule has 0 aliphatic heterocycles. The van der Waals surface area contributed by atoms with Gasteiger partial charge in [0.1, 0.15) is 0 Å². The molecule has 0 bridgehead atoms. The smallest absolute Gasteiger partial charge is 0.0404 e. The molecule has 1 heteroatoms. The molecular weight excluding hydrogens is 228 g/mol. The number of benzene rings is 2. The molecule has 1 atom stereocenters. The third-order valence-corrected chi connectivity index (χ3v) is 4.42. The molecule has 2 aromatic rings. The SMILES string of the molecule is ClC(Cc1ccc2ccccc2c1)C1CCC1. The Hall–Kier alpha value is -1.01. The fourth-order valence-electron chi connectivity index (χ4n) is 2.56. The maximum atomic E-state index is 6.47. The number of hydrogen-bond acceptors (Lipinski definition) is 0. The van der Waals surface area contributed by atoms with E-state index in [0.717, 1.165) is 12.3 Å². The van der Waals surface area contributed by atoms with Crippen LogP contribution in [0.4, 0.5) is 0 Å². The zero-order valence-electron chi connectivity index (χ0n) is 9.90. The van der Waals surface area contributed by atoms with Gasteiger partial charge in [-0.2, -0.15) is 0 Å². The zero-order chi connectivity index (χ0) is 11.7. The monoisotopic (exact) mass is 244 g/mol. The Morgan fingerprint density at radius 3 is 2.53 bits per heavy atom. The molecule has 88 valence electrons. The van der Waals surface area contributed by atoms with E-state index >= 15 is 0 Å². The Morgan fingerprint density at radius 1 is 1.06 bits per heavy atom. The predicted molar refractivity (Wildman–Crippen MR) is 74.6 cm³/mol. The first kappa shape index (κ1) is 11.1. The van der Waals surface area contributed by atoms with E-state index in [2.05, 4.69) is 42.5 Å². The van der Waals surface area contributed by atoms with E-state index in [1.165, 1.54) is 35.6 Å². The summed E-state index contributed by atoms with van der Waals surface area (Å²) in [7, 11) is 0. The van der Waals surface area contributed by atoms with Crippen LogP contribution in [0.2, 0.25) is 0 Å². The largest absolute Gasteiger partial charge is 0.122 e. The summed E-state index contributed by atoms with van der Waals surface area (Å²) in [6, 6.07) is 15.2. The van der Waals surface area contributed by atoms with Crippen LogP contribution in [-0.4, -0.2) is 5.38 Å². The van der Waals surface area contributed by atoms with Crippen molar-refractivity contribution in [2.24, 2.45) is 5.92 Å². The summed E-state index contributed by atoms with van der Waals surface area (Å²) in [4.78, 5) is 0. The van der Waals surface area contributed by atoms with E-state index in [4.69, 9.17) is 11.6 Å². The normalized spacial score (nSPS) is 17.9. The summed E-state index contributed by atoms with van der Waals surface area (Å²) in [5, 5.41) is 2.96. The summed E-state index contributed by atoms with van der Waals surface area (Å²) in [5.41, 5.74) is 1.37. The lowest BCUT2D eigenvalue weighted by Gasteiger charge is -2.29. The standard InChI is InChI=1S/C16H17Cl/c17-16(14-6-3-7-14)11-12-8-9-13-4-1-2-5-15(13)10-12/h1-2,4-5,8-10,14,16H,3,6-7,11H2. The lowest BCUT2D eigenvalue weighted by molar-refractivity contribution is 0.302. The fourth-order valence-corrected chi connectivity index (χ4v) is 2.99. The zero-order valence-corrected chi connectivity index (χ0v) is 10.7. The van der Waals surface area contributed by atoms with Crippen LogP contribution in [0.1, 0.15) is 24.8 Å². The van der Waals surface area contributed by atoms with E-state index < -0.39 is 0 Å². The van der Waals surface area contributed by atoms with Gasteiger partial charge in [0, 0.05) is 5.38 Å².